The molecule has 1 aliphatic rings. The Morgan fingerprint density at radius 1 is 1.04 bits per heavy atom. The quantitative estimate of drug-likeness (QED) is 0.797. The molecule has 3 rings (SSSR count). The molecule has 1 aromatic carbocycles. The van der Waals surface area contributed by atoms with Crippen LogP contribution in [0.2, 0.25) is 0 Å². The van der Waals surface area contributed by atoms with E-state index < -0.39 is 0 Å². The topological polar surface area (TPSA) is 77.3 Å². The van der Waals surface area contributed by atoms with Crippen molar-refractivity contribution >= 4 is 17.4 Å². The van der Waals surface area contributed by atoms with E-state index in [0.29, 0.717) is 36.3 Å². The molecular weight excluding hydrogens is 328 g/mol. The van der Waals surface area contributed by atoms with Crippen molar-refractivity contribution in [2.75, 3.05) is 31.1 Å². The standard InChI is InChI=1S/C20H20N4O2/c1-15(25)17-3-4-18(14-21)19(13-17)23-9-2-10-24(12-11-23)20(26)16-5-7-22-8-6-16/h3-8,13H,2,9-12H2,1H3. The van der Waals surface area contributed by atoms with Crippen LogP contribution in [0.5, 0.6) is 0 Å². The van der Waals surface area contributed by atoms with E-state index in [9.17, 15) is 14.9 Å². The molecule has 0 N–H and O–H groups in total. The minimum absolute atomic E-state index is 0.00718. The van der Waals surface area contributed by atoms with Gasteiger partial charge in [0.1, 0.15) is 6.07 Å². The van der Waals surface area contributed by atoms with Crippen molar-refractivity contribution in [2.24, 2.45) is 0 Å². The van der Waals surface area contributed by atoms with E-state index in [4.69, 9.17) is 0 Å². The van der Waals surface area contributed by atoms with Gasteiger partial charge in [-0.3, -0.25) is 14.6 Å². The Labute approximate surface area is 152 Å². The van der Waals surface area contributed by atoms with E-state index in [2.05, 4.69) is 16.0 Å². The maximum Gasteiger partial charge on any atom is 0.254 e. The van der Waals surface area contributed by atoms with Crippen LogP contribution in [0.3, 0.4) is 0 Å². The van der Waals surface area contributed by atoms with Gasteiger partial charge in [-0.2, -0.15) is 5.26 Å². The molecule has 6 nitrogen and oxygen atoms in total. The fraction of sp³-hybridized carbons (Fsp3) is 0.300. The highest BCUT2D eigenvalue weighted by Crippen LogP contribution is 2.24. The summed E-state index contributed by atoms with van der Waals surface area (Å²) in [7, 11) is 0. The number of nitriles is 1. The van der Waals surface area contributed by atoms with Gasteiger partial charge in [0.05, 0.1) is 11.3 Å². The van der Waals surface area contributed by atoms with Crippen molar-refractivity contribution in [3.63, 3.8) is 0 Å². The van der Waals surface area contributed by atoms with E-state index in [1.165, 1.54) is 6.92 Å². The number of aromatic nitrogens is 1. The molecular formula is C20H20N4O2. The van der Waals surface area contributed by atoms with Gasteiger partial charge in [-0.25, -0.2) is 0 Å². The number of pyridine rings is 1. The molecule has 26 heavy (non-hydrogen) atoms. The number of rotatable bonds is 3. The minimum atomic E-state index is -0.0277. The molecule has 0 aliphatic carbocycles. The Hall–Kier alpha value is -3.20. The van der Waals surface area contributed by atoms with Gasteiger partial charge in [-0.1, -0.05) is 0 Å². The molecule has 1 amide bonds. The van der Waals surface area contributed by atoms with Crippen molar-refractivity contribution < 1.29 is 9.59 Å². The van der Waals surface area contributed by atoms with Crippen LogP contribution in [0.15, 0.2) is 42.7 Å². The highest BCUT2D eigenvalue weighted by molar-refractivity contribution is 5.95. The SMILES string of the molecule is CC(=O)c1ccc(C#N)c(N2CCCN(C(=O)c3ccncc3)CC2)c1. The first kappa shape index (κ1) is 17.6. The van der Waals surface area contributed by atoms with Crippen LogP contribution in [0.4, 0.5) is 5.69 Å². The maximum absolute atomic E-state index is 12.6. The van der Waals surface area contributed by atoms with Crippen molar-refractivity contribution in [1.29, 1.82) is 5.26 Å². The summed E-state index contributed by atoms with van der Waals surface area (Å²) >= 11 is 0. The van der Waals surface area contributed by atoms with Crippen LogP contribution in [0.1, 0.15) is 39.6 Å². The Morgan fingerprint density at radius 2 is 1.81 bits per heavy atom. The molecule has 0 radical (unpaired) electrons. The summed E-state index contributed by atoms with van der Waals surface area (Å²) in [6, 6.07) is 10.8. The summed E-state index contributed by atoms with van der Waals surface area (Å²) in [6.07, 6.45) is 4.03. The van der Waals surface area contributed by atoms with Gasteiger partial charge in [0.2, 0.25) is 0 Å². The highest BCUT2D eigenvalue weighted by Gasteiger charge is 2.22. The number of hydrogen-bond donors (Lipinski definition) is 0. The molecule has 2 aromatic rings. The predicted molar refractivity (Wildman–Crippen MR) is 98.1 cm³/mol. The minimum Gasteiger partial charge on any atom is -0.369 e. The molecule has 0 unspecified atom stereocenters. The zero-order valence-electron chi connectivity index (χ0n) is 14.7. The first-order chi connectivity index (χ1) is 12.6. The molecule has 1 fully saturated rings. The second-order valence-corrected chi connectivity index (χ2v) is 6.27. The third-order valence-corrected chi connectivity index (χ3v) is 4.58. The Kier molecular flexibility index (Phi) is 5.28. The Bertz CT molecular complexity index is 858. The lowest BCUT2D eigenvalue weighted by atomic mass is 10.1. The van der Waals surface area contributed by atoms with E-state index >= 15 is 0 Å². The van der Waals surface area contributed by atoms with Crippen molar-refractivity contribution in [1.82, 2.24) is 9.88 Å². The first-order valence-electron chi connectivity index (χ1n) is 8.59. The summed E-state index contributed by atoms with van der Waals surface area (Å²) in [5.74, 6) is -0.0349. The first-order valence-corrected chi connectivity index (χ1v) is 8.59. The van der Waals surface area contributed by atoms with Crippen LogP contribution in [-0.4, -0.2) is 47.8 Å². The van der Waals surface area contributed by atoms with Crippen LogP contribution in [0, 0.1) is 11.3 Å². The molecule has 6 heteroatoms. The van der Waals surface area contributed by atoms with Gasteiger partial charge in [-0.15, -0.1) is 0 Å². The van der Waals surface area contributed by atoms with Gasteiger partial charge >= 0.3 is 0 Å². The van der Waals surface area contributed by atoms with Crippen molar-refractivity contribution in [2.45, 2.75) is 13.3 Å². The molecule has 0 spiro atoms. The number of amides is 1. The summed E-state index contributed by atoms with van der Waals surface area (Å²) in [6.45, 7) is 4.09. The number of carbonyl (C=O) groups excluding carboxylic acids is 2. The van der Waals surface area contributed by atoms with E-state index in [0.717, 1.165) is 18.7 Å². The maximum atomic E-state index is 12.6. The fourth-order valence-electron chi connectivity index (χ4n) is 3.15. The van der Waals surface area contributed by atoms with Crippen LogP contribution >= 0.6 is 0 Å². The number of carbonyl (C=O) groups is 2. The van der Waals surface area contributed by atoms with Gasteiger partial charge in [-0.05, 0) is 43.7 Å². The molecule has 1 saturated heterocycles. The monoisotopic (exact) mass is 348 g/mol. The lowest BCUT2D eigenvalue weighted by Gasteiger charge is -2.25. The predicted octanol–water partition coefficient (Wildman–Crippen LogP) is 2.51. The largest absolute Gasteiger partial charge is 0.369 e. The van der Waals surface area contributed by atoms with E-state index in [-0.39, 0.29) is 11.7 Å². The third-order valence-electron chi connectivity index (χ3n) is 4.58. The average molecular weight is 348 g/mol. The number of benzene rings is 1. The van der Waals surface area contributed by atoms with Gasteiger partial charge in [0.25, 0.3) is 5.91 Å². The number of Topliss-reactive ketones (excluding diaryl/α,β-unsaturated/α-hetero) is 1. The summed E-state index contributed by atoms with van der Waals surface area (Å²) in [5.41, 5.74) is 2.53. The molecule has 0 bridgehead atoms. The molecule has 0 atom stereocenters. The number of hydrogen-bond acceptors (Lipinski definition) is 5. The summed E-state index contributed by atoms with van der Waals surface area (Å²) in [4.78, 5) is 32.2. The van der Waals surface area contributed by atoms with Crippen LogP contribution in [-0.2, 0) is 0 Å². The second kappa shape index (κ2) is 7.79. The van der Waals surface area contributed by atoms with Crippen molar-refractivity contribution in [3.05, 3.63) is 59.4 Å². The molecule has 0 saturated carbocycles. The Morgan fingerprint density at radius 3 is 2.50 bits per heavy atom. The van der Waals surface area contributed by atoms with Gasteiger partial charge < -0.3 is 9.80 Å². The zero-order valence-corrected chi connectivity index (χ0v) is 14.7. The van der Waals surface area contributed by atoms with Gasteiger partial charge in [0.15, 0.2) is 5.78 Å². The van der Waals surface area contributed by atoms with E-state index in [1.807, 2.05) is 4.90 Å². The summed E-state index contributed by atoms with van der Waals surface area (Å²) < 4.78 is 0. The molecule has 1 aliphatic heterocycles. The average Bonchev–Trinajstić information content (AvgIpc) is 2.93. The highest BCUT2D eigenvalue weighted by atomic mass is 16.2. The number of ketones is 1. The van der Waals surface area contributed by atoms with E-state index in [1.54, 1.807) is 42.7 Å². The molecule has 132 valence electrons. The lowest BCUT2D eigenvalue weighted by molar-refractivity contribution is 0.0766. The number of anilines is 1. The van der Waals surface area contributed by atoms with Crippen molar-refractivity contribution in [3.8, 4) is 6.07 Å². The lowest BCUT2D eigenvalue weighted by Crippen LogP contribution is -2.35. The summed E-state index contributed by atoms with van der Waals surface area (Å²) in [5, 5.41) is 9.41. The second-order valence-electron chi connectivity index (χ2n) is 6.27. The Balaban J connectivity index is 1.79. The van der Waals surface area contributed by atoms with Crippen LogP contribution in [0.25, 0.3) is 0 Å². The smallest absolute Gasteiger partial charge is 0.254 e. The third kappa shape index (κ3) is 3.72. The normalized spacial score (nSPS) is 14.5. The number of nitrogens with zero attached hydrogens (tertiary/aromatic N) is 4. The molecule has 2 heterocycles. The molecule has 1 aromatic heterocycles. The zero-order chi connectivity index (χ0) is 18.5. The van der Waals surface area contributed by atoms with Gasteiger partial charge in [0, 0.05) is 49.7 Å². The van der Waals surface area contributed by atoms with Crippen LogP contribution < -0.4 is 4.90 Å². The fourth-order valence-corrected chi connectivity index (χ4v) is 3.15.